The monoisotopic (exact) mass is 343 g/mol. The first kappa shape index (κ1) is 16.7. The summed E-state index contributed by atoms with van der Waals surface area (Å²) in [6.07, 6.45) is 0. The van der Waals surface area contributed by atoms with Gasteiger partial charge in [0.15, 0.2) is 0 Å². The highest BCUT2D eigenvalue weighted by Gasteiger charge is 2.18. The first-order chi connectivity index (χ1) is 9.20. The van der Waals surface area contributed by atoms with E-state index in [1.807, 2.05) is 6.07 Å². The summed E-state index contributed by atoms with van der Waals surface area (Å²) in [6, 6.07) is 1.72. The molecule has 0 radical (unpaired) electrons. The number of hydrogen-bond donors (Lipinski definition) is 2. The molecule has 0 aliphatic rings. The van der Waals surface area contributed by atoms with Gasteiger partial charge in [-0.2, -0.15) is 0 Å². The summed E-state index contributed by atoms with van der Waals surface area (Å²) >= 11 is 3.39. The maximum absolute atomic E-state index is 11.3. The summed E-state index contributed by atoms with van der Waals surface area (Å²) in [6.45, 7) is 7.33. The molecule has 0 saturated heterocycles. The van der Waals surface area contributed by atoms with E-state index in [2.05, 4.69) is 57.3 Å². The molecular weight excluding hydrogens is 322 g/mol. The van der Waals surface area contributed by atoms with Gasteiger partial charge < -0.3 is 15.5 Å². The fourth-order valence-corrected chi connectivity index (χ4v) is 1.75. The second kappa shape index (κ2) is 6.88. The van der Waals surface area contributed by atoms with Gasteiger partial charge in [-0.15, -0.1) is 0 Å². The number of carbonyl (C=O) groups excluding carboxylic acids is 1. The van der Waals surface area contributed by atoms with Crippen LogP contribution in [0.2, 0.25) is 0 Å². The molecule has 2 N–H and O–H groups in total. The van der Waals surface area contributed by atoms with Crippen LogP contribution in [-0.4, -0.2) is 48.1 Å². The van der Waals surface area contributed by atoms with Crippen LogP contribution < -0.4 is 10.6 Å². The zero-order valence-electron chi connectivity index (χ0n) is 12.6. The van der Waals surface area contributed by atoms with Crippen molar-refractivity contribution in [3.05, 3.63) is 16.5 Å². The average Bonchev–Trinajstić information content (AvgIpc) is 2.32. The van der Waals surface area contributed by atoms with Crippen molar-refractivity contribution in [2.75, 3.05) is 32.5 Å². The summed E-state index contributed by atoms with van der Waals surface area (Å²) in [5, 5.41) is 5.96. The number of nitrogens with one attached hydrogen (secondary N) is 2. The maximum atomic E-state index is 11.3. The van der Waals surface area contributed by atoms with E-state index in [0.717, 1.165) is 16.2 Å². The van der Waals surface area contributed by atoms with E-state index < -0.39 is 0 Å². The van der Waals surface area contributed by atoms with E-state index in [9.17, 15) is 4.79 Å². The Hall–Kier alpha value is -1.37. The molecule has 20 heavy (non-hydrogen) atoms. The molecule has 1 heterocycles. The van der Waals surface area contributed by atoms with Crippen molar-refractivity contribution >= 4 is 27.8 Å². The lowest BCUT2D eigenvalue weighted by atomic mass is 9.96. The molecule has 0 fully saturated rings. The van der Waals surface area contributed by atoms with E-state index >= 15 is 0 Å². The van der Waals surface area contributed by atoms with Crippen molar-refractivity contribution in [2.24, 2.45) is 0 Å². The molecule has 0 saturated carbocycles. The molecule has 1 rings (SSSR count). The number of rotatable bonds is 4. The summed E-state index contributed by atoms with van der Waals surface area (Å²) < 4.78 is 0.747. The van der Waals surface area contributed by atoms with Gasteiger partial charge in [0.1, 0.15) is 16.2 Å². The van der Waals surface area contributed by atoms with Gasteiger partial charge in [-0.1, -0.05) is 20.8 Å². The van der Waals surface area contributed by atoms with Crippen LogP contribution in [0.25, 0.3) is 0 Å². The van der Waals surface area contributed by atoms with Crippen LogP contribution in [-0.2, 0) is 5.41 Å². The van der Waals surface area contributed by atoms with Crippen LogP contribution in [0.5, 0.6) is 0 Å². The van der Waals surface area contributed by atoms with Gasteiger partial charge in [-0.3, -0.25) is 0 Å². The maximum Gasteiger partial charge on any atom is 0.316 e. The molecule has 2 amide bonds. The third-order valence-electron chi connectivity index (χ3n) is 2.48. The molecular formula is C13H22BrN5O. The van der Waals surface area contributed by atoms with Crippen LogP contribution in [0.3, 0.4) is 0 Å². The van der Waals surface area contributed by atoms with Gasteiger partial charge >= 0.3 is 6.03 Å². The minimum Gasteiger partial charge on any atom is -0.368 e. The molecule has 0 aromatic carbocycles. The molecule has 1 aromatic heterocycles. The van der Waals surface area contributed by atoms with Crippen molar-refractivity contribution in [3.8, 4) is 0 Å². The van der Waals surface area contributed by atoms with Crippen molar-refractivity contribution in [1.82, 2.24) is 20.2 Å². The van der Waals surface area contributed by atoms with Gasteiger partial charge in [-0.25, -0.2) is 14.8 Å². The molecule has 0 aliphatic heterocycles. The number of carbonyl (C=O) groups is 1. The third-order valence-corrected chi connectivity index (χ3v) is 2.89. The van der Waals surface area contributed by atoms with E-state index in [0.29, 0.717) is 13.1 Å². The SMILES string of the molecule is CN(C)C(=O)NCCNc1cc(Br)nc(C(C)(C)C)n1. The zero-order chi connectivity index (χ0) is 15.3. The fourth-order valence-electron chi connectivity index (χ4n) is 1.36. The first-order valence-corrected chi connectivity index (χ1v) is 7.23. The number of hydrogen-bond acceptors (Lipinski definition) is 4. The number of aromatic nitrogens is 2. The van der Waals surface area contributed by atoms with Gasteiger partial charge in [0.2, 0.25) is 0 Å². The predicted molar refractivity (Wildman–Crippen MR) is 84.0 cm³/mol. The molecule has 0 spiro atoms. The van der Waals surface area contributed by atoms with E-state index in [1.54, 1.807) is 14.1 Å². The van der Waals surface area contributed by atoms with Crippen molar-refractivity contribution in [3.63, 3.8) is 0 Å². The minimum atomic E-state index is -0.112. The van der Waals surface area contributed by atoms with Gasteiger partial charge in [0.25, 0.3) is 0 Å². The molecule has 7 heteroatoms. The first-order valence-electron chi connectivity index (χ1n) is 6.44. The van der Waals surface area contributed by atoms with Gasteiger partial charge in [-0.05, 0) is 15.9 Å². The minimum absolute atomic E-state index is 0.106. The lowest BCUT2D eigenvalue weighted by Crippen LogP contribution is -2.37. The fraction of sp³-hybridized carbons (Fsp3) is 0.615. The third kappa shape index (κ3) is 5.32. The van der Waals surface area contributed by atoms with Crippen LogP contribution in [0, 0.1) is 0 Å². The molecule has 0 unspecified atom stereocenters. The Morgan fingerprint density at radius 1 is 1.30 bits per heavy atom. The Labute approximate surface area is 128 Å². The Bertz CT molecular complexity index is 470. The molecule has 0 bridgehead atoms. The normalized spacial score (nSPS) is 11.1. The Morgan fingerprint density at radius 3 is 2.50 bits per heavy atom. The second-order valence-electron chi connectivity index (χ2n) is 5.70. The number of nitrogens with zero attached hydrogens (tertiary/aromatic N) is 3. The van der Waals surface area contributed by atoms with Crippen LogP contribution in [0.4, 0.5) is 10.6 Å². The highest BCUT2D eigenvalue weighted by Crippen LogP contribution is 2.22. The van der Waals surface area contributed by atoms with Crippen molar-refractivity contribution in [2.45, 2.75) is 26.2 Å². The Morgan fingerprint density at radius 2 is 1.95 bits per heavy atom. The quantitative estimate of drug-likeness (QED) is 0.649. The highest BCUT2D eigenvalue weighted by atomic mass is 79.9. The number of urea groups is 1. The zero-order valence-corrected chi connectivity index (χ0v) is 14.2. The summed E-state index contributed by atoms with van der Waals surface area (Å²) in [5.74, 6) is 1.52. The Balaban J connectivity index is 2.56. The molecule has 112 valence electrons. The molecule has 1 aromatic rings. The lowest BCUT2D eigenvalue weighted by molar-refractivity contribution is 0.218. The van der Waals surface area contributed by atoms with E-state index in [-0.39, 0.29) is 11.4 Å². The molecule has 6 nitrogen and oxygen atoms in total. The largest absolute Gasteiger partial charge is 0.368 e. The second-order valence-corrected chi connectivity index (χ2v) is 6.52. The number of amides is 2. The Kier molecular flexibility index (Phi) is 5.74. The lowest BCUT2D eigenvalue weighted by Gasteiger charge is -2.18. The van der Waals surface area contributed by atoms with Crippen LogP contribution in [0.15, 0.2) is 10.7 Å². The van der Waals surface area contributed by atoms with Crippen LogP contribution in [0.1, 0.15) is 26.6 Å². The molecule has 0 atom stereocenters. The average molecular weight is 344 g/mol. The van der Waals surface area contributed by atoms with Crippen molar-refractivity contribution in [1.29, 1.82) is 0 Å². The predicted octanol–water partition coefficient (Wildman–Crippen LogP) is 2.22. The van der Waals surface area contributed by atoms with Crippen LogP contribution >= 0.6 is 15.9 Å². The topological polar surface area (TPSA) is 70.2 Å². The summed E-state index contributed by atoms with van der Waals surface area (Å²) in [5.41, 5.74) is -0.112. The van der Waals surface area contributed by atoms with Gasteiger partial charge in [0, 0.05) is 38.7 Å². The number of halogens is 1. The summed E-state index contributed by atoms with van der Waals surface area (Å²) in [4.78, 5) is 21.7. The van der Waals surface area contributed by atoms with Gasteiger partial charge in [0.05, 0.1) is 0 Å². The van der Waals surface area contributed by atoms with E-state index in [1.165, 1.54) is 4.90 Å². The molecule has 0 aliphatic carbocycles. The highest BCUT2D eigenvalue weighted by molar-refractivity contribution is 9.10. The smallest absolute Gasteiger partial charge is 0.316 e. The number of anilines is 1. The van der Waals surface area contributed by atoms with E-state index in [4.69, 9.17) is 0 Å². The summed E-state index contributed by atoms with van der Waals surface area (Å²) in [7, 11) is 3.42. The van der Waals surface area contributed by atoms with Crippen molar-refractivity contribution < 1.29 is 4.79 Å². The standard InChI is InChI=1S/C13H22BrN5O/c1-13(2,3)11-17-9(14)8-10(18-11)15-6-7-16-12(20)19(4)5/h8H,6-7H2,1-5H3,(H,16,20)(H,15,17,18).